The number of rotatable bonds is 5. The van der Waals surface area contributed by atoms with E-state index in [-0.39, 0.29) is 11.3 Å². The van der Waals surface area contributed by atoms with Crippen LogP contribution in [0.4, 0.5) is 5.69 Å². The van der Waals surface area contributed by atoms with Crippen molar-refractivity contribution in [2.24, 2.45) is 0 Å². The maximum Gasteiger partial charge on any atom is 0.270 e. The van der Waals surface area contributed by atoms with Crippen molar-refractivity contribution >= 4 is 21.6 Å². The van der Waals surface area contributed by atoms with Crippen LogP contribution in [0.2, 0.25) is 0 Å². The average Bonchev–Trinajstić information content (AvgIpc) is 2.55. The Hall–Kier alpha value is -2.14. The molecule has 2 aromatic rings. The Morgan fingerprint density at radius 3 is 2.00 bits per heavy atom. The van der Waals surface area contributed by atoms with E-state index in [1.165, 1.54) is 12.1 Å². The first-order valence-electron chi connectivity index (χ1n) is 7.64. The molecule has 2 aromatic carbocycles. The first kappa shape index (κ1) is 17.2. The molecule has 0 aliphatic carbocycles. The lowest BCUT2D eigenvalue weighted by Gasteiger charge is -2.22. The van der Waals surface area contributed by atoms with Crippen LogP contribution in [0.15, 0.2) is 53.4 Å². The summed E-state index contributed by atoms with van der Waals surface area (Å²) < 4.78 is 26.7. The zero-order valence-corrected chi connectivity index (χ0v) is 14.4. The van der Waals surface area contributed by atoms with Crippen LogP contribution in [-0.4, -0.2) is 14.3 Å². The van der Waals surface area contributed by atoms with Gasteiger partial charge in [-0.3, -0.25) is 4.79 Å². The van der Waals surface area contributed by atoms with E-state index in [1.54, 1.807) is 31.2 Å². The first-order valence-corrected chi connectivity index (χ1v) is 9.08. The molecule has 5 heteroatoms. The third kappa shape index (κ3) is 3.62. The molecule has 0 radical (unpaired) electrons. The summed E-state index contributed by atoms with van der Waals surface area (Å²) in [5.74, 6) is -0.449. The van der Waals surface area contributed by atoms with Crippen LogP contribution in [0.25, 0.3) is 0 Å². The lowest BCUT2D eigenvalue weighted by atomic mass is 10.1. The molecule has 0 N–H and O–H groups in total. The number of sulfonamides is 1. The van der Waals surface area contributed by atoms with Crippen LogP contribution in [-0.2, 0) is 21.2 Å². The predicted octanol–water partition coefficient (Wildman–Crippen LogP) is 3.69. The quantitative estimate of drug-likeness (QED) is 0.839. The highest BCUT2D eigenvalue weighted by atomic mass is 32.2. The van der Waals surface area contributed by atoms with Gasteiger partial charge in [-0.2, -0.15) is 0 Å². The smallest absolute Gasteiger partial charge is 0.270 e. The van der Waals surface area contributed by atoms with Crippen LogP contribution in [0, 0.1) is 6.92 Å². The Bertz CT molecular complexity index is 778. The first-order chi connectivity index (χ1) is 10.9. The van der Waals surface area contributed by atoms with Crippen molar-refractivity contribution in [3.63, 3.8) is 0 Å². The number of aryl methyl sites for hydroxylation is 2. The van der Waals surface area contributed by atoms with Gasteiger partial charge in [0, 0.05) is 6.42 Å². The molecule has 2 rings (SSSR count). The molecular weight excluding hydrogens is 310 g/mol. The number of anilines is 1. The number of amides is 1. The fraction of sp³-hybridized carbons (Fsp3) is 0.278. The minimum Gasteiger partial charge on any atom is -0.273 e. The summed E-state index contributed by atoms with van der Waals surface area (Å²) in [4.78, 5) is 12.4. The second kappa shape index (κ2) is 6.96. The molecular formula is C18H21NO3S. The Kier molecular flexibility index (Phi) is 5.21. The summed E-state index contributed by atoms with van der Waals surface area (Å²) in [6.45, 7) is 5.56. The molecule has 0 aromatic heterocycles. The molecule has 0 saturated heterocycles. The topological polar surface area (TPSA) is 54.5 Å². The van der Waals surface area contributed by atoms with E-state index in [0.717, 1.165) is 21.9 Å². The number of nitrogens with zero attached hydrogens (tertiary/aromatic N) is 1. The minimum atomic E-state index is -3.92. The van der Waals surface area contributed by atoms with Gasteiger partial charge in [-0.25, -0.2) is 12.7 Å². The van der Waals surface area contributed by atoms with Crippen LogP contribution in [0.5, 0.6) is 0 Å². The van der Waals surface area contributed by atoms with E-state index in [4.69, 9.17) is 0 Å². The van der Waals surface area contributed by atoms with E-state index in [2.05, 4.69) is 0 Å². The highest BCUT2D eigenvalue weighted by Crippen LogP contribution is 2.25. The van der Waals surface area contributed by atoms with Crippen LogP contribution in [0.3, 0.4) is 0 Å². The molecule has 0 atom stereocenters. The largest absolute Gasteiger partial charge is 0.273 e. The summed E-state index contributed by atoms with van der Waals surface area (Å²) in [7, 11) is -3.92. The number of carbonyl (C=O) groups is 1. The molecule has 1 amide bonds. The number of carbonyl (C=O) groups excluding carboxylic acids is 1. The third-order valence-electron chi connectivity index (χ3n) is 3.67. The van der Waals surface area contributed by atoms with Gasteiger partial charge in [-0.05, 0) is 43.2 Å². The molecule has 23 heavy (non-hydrogen) atoms. The summed E-state index contributed by atoms with van der Waals surface area (Å²) in [6, 6.07) is 13.5. The fourth-order valence-electron chi connectivity index (χ4n) is 2.24. The average molecular weight is 331 g/mol. The molecule has 122 valence electrons. The van der Waals surface area contributed by atoms with Gasteiger partial charge >= 0.3 is 0 Å². The van der Waals surface area contributed by atoms with Crippen molar-refractivity contribution in [3.8, 4) is 0 Å². The standard InChI is InChI=1S/C18H21NO3S/c1-4-15-8-10-16(11-9-15)19(18(20)5-2)23(21,22)17-12-6-14(3)7-13-17/h6-13H,4-5H2,1-3H3. The van der Waals surface area contributed by atoms with Gasteiger partial charge in [0.1, 0.15) is 0 Å². The molecule has 0 saturated carbocycles. The van der Waals surface area contributed by atoms with Gasteiger partial charge in [-0.1, -0.05) is 43.7 Å². The second-order valence-corrected chi connectivity index (χ2v) is 7.14. The van der Waals surface area contributed by atoms with Gasteiger partial charge in [0.05, 0.1) is 10.6 Å². The maximum atomic E-state index is 12.9. The number of hydrogen-bond donors (Lipinski definition) is 0. The third-order valence-corrected chi connectivity index (χ3v) is 5.43. The molecule has 0 fully saturated rings. The van der Waals surface area contributed by atoms with E-state index in [9.17, 15) is 13.2 Å². The van der Waals surface area contributed by atoms with Gasteiger partial charge < -0.3 is 0 Å². The molecule has 0 bridgehead atoms. The molecule has 0 heterocycles. The van der Waals surface area contributed by atoms with Gasteiger partial charge in [-0.15, -0.1) is 0 Å². The predicted molar refractivity (Wildman–Crippen MR) is 92.0 cm³/mol. The van der Waals surface area contributed by atoms with E-state index >= 15 is 0 Å². The zero-order valence-electron chi connectivity index (χ0n) is 13.6. The van der Waals surface area contributed by atoms with E-state index < -0.39 is 15.9 Å². The monoisotopic (exact) mass is 331 g/mol. The molecule has 0 spiro atoms. The molecule has 4 nitrogen and oxygen atoms in total. The van der Waals surface area contributed by atoms with Crippen LogP contribution in [0.1, 0.15) is 31.4 Å². The lowest BCUT2D eigenvalue weighted by molar-refractivity contribution is -0.117. The Balaban J connectivity index is 2.53. The highest BCUT2D eigenvalue weighted by Gasteiger charge is 2.29. The van der Waals surface area contributed by atoms with Crippen molar-refractivity contribution in [1.29, 1.82) is 0 Å². The Morgan fingerprint density at radius 2 is 1.52 bits per heavy atom. The lowest BCUT2D eigenvalue weighted by Crippen LogP contribution is -2.36. The van der Waals surface area contributed by atoms with Crippen molar-refractivity contribution in [2.45, 2.75) is 38.5 Å². The molecule has 0 aliphatic rings. The number of hydrogen-bond acceptors (Lipinski definition) is 3. The summed E-state index contributed by atoms with van der Waals surface area (Å²) in [5.41, 5.74) is 2.42. The highest BCUT2D eigenvalue weighted by molar-refractivity contribution is 7.93. The van der Waals surface area contributed by atoms with Gasteiger partial charge in [0.2, 0.25) is 5.91 Å². The van der Waals surface area contributed by atoms with E-state index in [0.29, 0.717) is 5.69 Å². The summed E-state index contributed by atoms with van der Waals surface area (Å²) >= 11 is 0. The summed E-state index contributed by atoms with van der Waals surface area (Å²) in [6.07, 6.45) is 0.966. The number of benzene rings is 2. The van der Waals surface area contributed by atoms with Gasteiger partial charge in [0.25, 0.3) is 10.0 Å². The van der Waals surface area contributed by atoms with Crippen LogP contribution < -0.4 is 4.31 Å². The second-order valence-electron chi connectivity index (χ2n) is 5.35. The minimum absolute atomic E-state index is 0.112. The Labute approximate surface area is 137 Å². The van der Waals surface area contributed by atoms with Crippen molar-refractivity contribution < 1.29 is 13.2 Å². The normalized spacial score (nSPS) is 11.3. The van der Waals surface area contributed by atoms with Crippen molar-refractivity contribution in [2.75, 3.05) is 4.31 Å². The Morgan fingerprint density at radius 1 is 0.957 bits per heavy atom. The molecule has 0 aliphatic heterocycles. The van der Waals surface area contributed by atoms with Crippen molar-refractivity contribution in [3.05, 3.63) is 59.7 Å². The SMILES string of the molecule is CCC(=O)N(c1ccc(CC)cc1)S(=O)(=O)c1ccc(C)cc1. The van der Waals surface area contributed by atoms with E-state index in [1.807, 2.05) is 26.0 Å². The fourth-order valence-corrected chi connectivity index (χ4v) is 3.73. The molecule has 0 unspecified atom stereocenters. The maximum absolute atomic E-state index is 12.9. The van der Waals surface area contributed by atoms with Crippen molar-refractivity contribution in [1.82, 2.24) is 0 Å². The van der Waals surface area contributed by atoms with Crippen LogP contribution >= 0.6 is 0 Å². The summed E-state index contributed by atoms with van der Waals surface area (Å²) in [5, 5.41) is 0. The zero-order chi connectivity index (χ0) is 17.0. The van der Waals surface area contributed by atoms with Gasteiger partial charge in [0.15, 0.2) is 0 Å².